The van der Waals surface area contributed by atoms with Crippen molar-refractivity contribution in [1.82, 2.24) is 16.0 Å². The van der Waals surface area contributed by atoms with E-state index in [0.29, 0.717) is 31.5 Å². The molecule has 0 aromatic heterocycles. The second kappa shape index (κ2) is 9.33. The normalized spacial score (nSPS) is 24.8. The van der Waals surface area contributed by atoms with Gasteiger partial charge in [-0.3, -0.25) is 19.7 Å². The minimum Gasteiger partial charge on any atom is -0.353 e. The molecule has 2 aliphatic rings. The summed E-state index contributed by atoms with van der Waals surface area (Å²) in [4.78, 5) is 38.2. The van der Waals surface area contributed by atoms with Crippen molar-refractivity contribution in [2.24, 2.45) is 11.8 Å². The largest absolute Gasteiger partial charge is 0.353 e. The number of hydrogen-bond donors (Lipinski definition) is 5. The van der Waals surface area contributed by atoms with Crippen LogP contribution in [0.2, 0.25) is 20.1 Å². The molecule has 4 atom stereocenters. The van der Waals surface area contributed by atoms with Gasteiger partial charge in [0.05, 0.1) is 18.0 Å². The molecule has 4 unspecified atom stereocenters. The van der Waals surface area contributed by atoms with Gasteiger partial charge in [0.25, 0.3) is 0 Å². The molecule has 4 rings (SSSR count). The summed E-state index contributed by atoms with van der Waals surface area (Å²) in [5.41, 5.74) is 0.935. The number of amides is 3. The fourth-order valence-corrected chi connectivity index (χ4v) is 4.87. The molecule has 2 aliphatic heterocycles. The molecular weight excluding hydrogens is 500 g/mol. The zero-order valence-electron chi connectivity index (χ0n) is 16.2. The van der Waals surface area contributed by atoms with Crippen molar-refractivity contribution in [2.75, 3.05) is 10.6 Å². The van der Waals surface area contributed by atoms with Crippen LogP contribution in [0.25, 0.3) is 0 Å². The number of fused-ring (bicyclic) bond motifs is 1. The van der Waals surface area contributed by atoms with Crippen molar-refractivity contribution < 1.29 is 14.4 Å². The van der Waals surface area contributed by atoms with Crippen molar-refractivity contribution in [2.45, 2.75) is 18.9 Å². The zero-order valence-corrected chi connectivity index (χ0v) is 19.2. The first-order valence-electron chi connectivity index (χ1n) is 9.53. The van der Waals surface area contributed by atoms with E-state index >= 15 is 0 Å². The molecule has 5 N–H and O–H groups in total. The maximum atomic E-state index is 13.0. The number of halogens is 4. The topological polar surface area (TPSA) is 111 Å². The Kier molecular flexibility index (Phi) is 6.69. The summed E-state index contributed by atoms with van der Waals surface area (Å²) in [5.74, 6) is -2.98. The van der Waals surface area contributed by atoms with Gasteiger partial charge < -0.3 is 21.3 Å². The molecule has 3 amide bonds. The van der Waals surface area contributed by atoms with E-state index in [-0.39, 0.29) is 12.3 Å². The Labute approximate surface area is 203 Å². The van der Waals surface area contributed by atoms with Crippen LogP contribution in [0.1, 0.15) is 6.42 Å². The predicted octanol–water partition coefficient (Wildman–Crippen LogP) is 3.43. The number of carbonyl (C=O) groups is 3. The van der Waals surface area contributed by atoms with Crippen LogP contribution in [0, 0.1) is 11.8 Å². The number of nitrogens with one attached hydrogen (secondary N) is 5. The van der Waals surface area contributed by atoms with E-state index in [0.717, 1.165) is 0 Å². The number of hydrogen-bond acceptors (Lipinski definition) is 5. The third kappa shape index (κ3) is 5.22. The highest BCUT2D eigenvalue weighted by atomic mass is 35.5. The zero-order chi connectivity index (χ0) is 23.0. The van der Waals surface area contributed by atoms with Crippen LogP contribution >= 0.6 is 46.4 Å². The number of carbonyl (C=O) groups excluding carboxylic acids is 3. The Morgan fingerprint density at radius 3 is 2.00 bits per heavy atom. The van der Waals surface area contributed by atoms with E-state index in [1.54, 1.807) is 18.2 Å². The number of rotatable bonds is 4. The fourth-order valence-electron chi connectivity index (χ4n) is 3.82. The lowest BCUT2D eigenvalue weighted by Crippen LogP contribution is -2.72. The molecule has 0 bridgehead atoms. The van der Waals surface area contributed by atoms with Gasteiger partial charge >= 0.3 is 0 Å². The Morgan fingerprint density at radius 2 is 1.41 bits per heavy atom. The molecule has 2 fully saturated rings. The lowest BCUT2D eigenvalue weighted by Gasteiger charge is -2.43. The van der Waals surface area contributed by atoms with Gasteiger partial charge in [-0.25, -0.2) is 0 Å². The average Bonchev–Trinajstić information content (AvgIpc) is 2.65. The van der Waals surface area contributed by atoms with Gasteiger partial charge in [-0.15, -0.1) is 0 Å². The molecule has 8 nitrogen and oxygen atoms in total. The highest BCUT2D eigenvalue weighted by Gasteiger charge is 2.48. The van der Waals surface area contributed by atoms with Gasteiger partial charge in [0.15, 0.2) is 6.29 Å². The predicted molar refractivity (Wildman–Crippen MR) is 124 cm³/mol. The molecule has 32 heavy (non-hydrogen) atoms. The smallest absolute Gasteiger partial charge is 0.229 e. The van der Waals surface area contributed by atoms with Crippen molar-refractivity contribution in [3.05, 3.63) is 56.5 Å². The van der Waals surface area contributed by atoms with Crippen LogP contribution in [0.4, 0.5) is 11.4 Å². The first-order valence-corrected chi connectivity index (χ1v) is 11.0. The summed E-state index contributed by atoms with van der Waals surface area (Å²) in [6.07, 6.45) is -1.64. The van der Waals surface area contributed by atoms with Crippen LogP contribution in [0.15, 0.2) is 36.4 Å². The van der Waals surface area contributed by atoms with Crippen LogP contribution in [-0.4, -0.2) is 30.2 Å². The quantitative estimate of drug-likeness (QED) is 0.427. The SMILES string of the molecule is O=C1CC(C(=O)Nc2cc(Cl)cc(Cl)c2)C2C(=O)NC(Nc3cc(Cl)cc(Cl)c3)NC2N1. The van der Waals surface area contributed by atoms with E-state index in [4.69, 9.17) is 46.4 Å². The molecule has 0 radical (unpaired) electrons. The Balaban J connectivity index is 1.50. The summed E-state index contributed by atoms with van der Waals surface area (Å²) in [6.45, 7) is 0. The summed E-state index contributed by atoms with van der Waals surface area (Å²) < 4.78 is 0. The molecule has 0 spiro atoms. The third-order valence-electron chi connectivity index (χ3n) is 5.09. The van der Waals surface area contributed by atoms with E-state index in [1.807, 2.05) is 0 Å². The van der Waals surface area contributed by atoms with Crippen molar-refractivity contribution >= 4 is 75.5 Å². The molecule has 2 heterocycles. The molecule has 12 heteroatoms. The molecule has 2 saturated heterocycles. The minimum absolute atomic E-state index is 0.140. The highest BCUT2D eigenvalue weighted by molar-refractivity contribution is 6.35. The van der Waals surface area contributed by atoms with Crippen molar-refractivity contribution in [3.8, 4) is 0 Å². The van der Waals surface area contributed by atoms with E-state index in [9.17, 15) is 14.4 Å². The maximum absolute atomic E-state index is 13.0. The number of anilines is 2. The first kappa shape index (κ1) is 22.9. The third-order valence-corrected chi connectivity index (χ3v) is 5.96. The second-order valence-corrected chi connectivity index (χ2v) is 9.19. The summed E-state index contributed by atoms with van der Waals surface area (Å²) in [5, 5.41) is 15.8. The molecule has 0 aliphatic carbocycles. The monoisotopic (exact) mass is 515 g/mol. The molecule has 0 saturated carbocycles. The Morgan fingerprint density at radius 1 is 0.844 bits per heavy atom. The standard InChI is InChI=1S/C20H17Cl4N5O3/c21-8-1-9(22)4-12(3-8)25-18(31)14-7-15(30)27-17-16(14)19(32)29-20(28-17)26-13-5-10(23)2-11(24)6-13/h1-6,14,16-17,20,26,28H,7H2,(H,25,31)(H,27,30)(H,29,32). The summed E-state index contributed by atoms with van der Waals surface area (Å²) in [6, 6.07) is 9.44. The van der Waals surface area contributed by atoms with Gasteiger partial charge in [-0.1, -0.05) is 46.4 Å². The van der Waals surface area contributed by atoms with Crippen LogP contribution in [0.5, 0.6) is 0 Å². The Hall–Kier alpha value is -2.23. The van der Waals surface area contributed by atoms with Gasteiger partial charge in [0, 0.05) is 37.9 Å². The van der Waals surface area contributed by atoms with E-state index in [1.165, 1.54) is 18.2 Å². The molecular formula is C20H17Cl4N5O3. The van der Waals surface area contributed by atoms with E-state index in [2.05, 4.69) is 26.6 Å². The highest BCUT2D eigenvalue weighted by Crippen LogP contribution is 2.30. The average molecular weight is 517 g/mol. The minimum atomic E-state index is -0.902. The van der Waals surface area contributed by atoms with Crippen LogP contribution < -0.4 is 26.6 Å². The first-order chi connectivity index (χ1) is 15.2. The van der Waals surface area contributed by atoms with Crippen molar-refractivity contribution in [3.63, 3.8) is 0 Å². The molecule has 2 aromatic carbocycles. The molecule has 2 aromatic rings. The Bertz CT molecular complexity index is 1060. The van der Waals surface area contributed by atoms with Crippen LogP contribution in [0.3, 0.4) is 0 Å². The van der Waals surface area contributed by atoms with Gasteiger partial charge in [0.1, 0.15) is 0 Å². The van der Waals surface area contributed by atoms with Gasteiger partial charge in [0.2, 0.25) is 17.7 Å². The van der Waals surface area contributed by atoms with E-state index < -0.39 is 36.1 Å². The summed E-state index contributed by atoms with van der Waals surface area (Å²) in [7, 11) is 0. The fraction of sp³-hybridized carbons (Fsp3) is 0.250. The summed E-state index contributed by atoms with van der Waals surface area (Å²) >= 11 is 24.0. The van der Waals surface area contributed by atoms with Gasteiger partial charge in [-0.05, 0) is 36.4 Å². The second-order valence-electron chi connectivity index (χ2n) is 7.44. The van der Waals surface area contributed by atoms with Gasteiger partial charge in [-0.2, -0.15) is 0 Å². The van der Waals surface area contributed by atoms with Crippen LogP contribution in [-0.2, 0) is 14.4 Å². The lowest BCUT2D eigenvalue weighted by atomic mass is 9.81. The number of benzene rings is 2. The number of piperidine rings is 1. The van der Waals surface area contributed by atoms with Crippen molar-refractivity contribution in [1.29, 1.82) is 0 Å². The molecule has 168 valence electrons. The maximum Gasteiger partial charge on any atom is 0.229 e. The lowest BCUT2D eigenvalue weighted by molar-refractivity contribution is -0.144.